The molecule has 108 valence electrons. The molecule has 1 amide bonds. The van der Waals surface area contributed by atoms with Crippen LogP contribution in [0.25, 0.3) is 0 Å². The fourth-order valence-corrected chi connectivity index (χ4v) is 2.81. The average molecular weight is 341 g/mol. The first-order chi connectivity index (χ1) is 9.54. The highest BCUT2D eigenvalue weighted by molar-refractivity contribution is 9.10. The smallest absolute Gasteiger partial charge is 0.303 e. The van der Waals surface area contributed by atoms with E-state index in [1.807, 2.05) is 29.2 Å². The Balaban J connectivity index is 1.81. The zero-order valence-corrected chi connectivity index (χ0v) is 12.6. The Labute approximate surface area is 126 Å². The molecule has 1 heterocycles. The van der Waals surface area contributed by atoms with E-state index < -0.39 is 5.97 Å². The van der Waals surface area contributed by atoms with Gasteiger partial charge in [0.1, 0.15) is 0 Å². The van der Waals surface area contributed by atoms with Gasteiger partial charge in [0.25, 0.3) is 0 Å². The highest BCUT2D eigenvalue weighted by Crippen LogP contribution is 2.22. The molecule has 0 bridgehead atoms. The molecule has 1 aliphatic heterocycles. The van der Waals surface area contributed by atoms with Crippen molar-refractivity contribution in [2.24, 2.45) is 5.92 Å². The molecule has 1 aromatic carbocycles. The summed E-state index contributed by atoms with van der Waals surface area (Å²) < 4.78 is 0.846. The number of carbonyl (C=O) groups is 2. The fraction of sp³-hybridized carbons (Fsp3) is 0.429. The van der Waals surface area contributed by atoms with Crippen molar-refractivity contribution in [2.45, 2.75) is 12.8 Å². The van der Waals surface area contributed by atoms with E-state index in [1.54, 1.807) is 0 Å². The Bertz CT molecular complexity index is 507. The zero-order chi connectivity index (χ0) is 14.5. The number of halogens is 1. The van der Waals surface area contributed by atoms with Crippen LogP contribution in [0.2, 0.25) is 0 Å². The van der Waals surface area contributed by atoms with Crippen LogP contribution in [0.15, 0.2) is 28.7 Å². The summed E-state index contributed by atoms with van der Waals surface area (Å²) in [6.45, 7) is 1.76. The molecule has 0 radical (unpaired) electrons. The predicted octanol–water partition coefficient (Wildman–Crippen LogP) is 2.18. The van der Waals surface area contributed by atoms with E-state index in [0.29, 0.717) is 13.1 Å². The van der Waals surface area contributed by atoms with Crippen LogP contribution in [0.4, 0.5) is 5.69 Å². The summed E-state index contributed by atoms with van der Waals surface area (Å²) in [6.07, 6.45) is 1.02. The number of para-hydroxylation sites is 1. The molecule has 1 atom stereocenters. The summed E-state index contributed by atoms with van der Waals surface area (Å²) in [5.41, 5.74) is 0.749. The molecular formula is C14H17BrN2O3. The van der Waals surface area contributed by atoms with Crippen LogP contribution in [0.3, 0.4) is 0 Å². The number of aliphatic carboxylic acids is 1. The van der Waals surface area contributed by atoms with Crippen molar-refractivity contribution in [3.63, 3.8) is 0 Å². The van der Waals surface area contributed by atoms with Crippen LogP contribution < -0.4 is 5.32 Å². The Kier molecular flexibility index (Phi) is 5.14. The van der Waals surface area contributed by atoms with Gasteiger partial charge in [0, 0.05) is 17.4 Å². The topological polar surface area (TPSA) is 69.6 Å². The van der Waals surface area contributed by atoms with Gasteiger partial charge in [-0.05, 0) is 46.9 Å². The number of carboxylic acids is 1. The van der Waals surface area contributed by atoms with E-state index in [0.717, 1.165) is 23.1 Å². The quantitative estimate of drug-likeness (QED) is 0.861. The van der Waals surface area contributed by atoms with Gasteiger partial charge in [-0.15, -0.1) is 0 Å². The maximum absolute atomic E-state index is 12.0. The van der Waals surface area contributed by atoms with Gasteiger partial charge in [-0.3, -0.25) is 14.5 Å². The van der Waals surface area contributed by atoms with Gasteiger partial charge in [-0.1, -0.05) is 12.1 Å². The Morgan fingerprint density at radius 2 is 2.15 bits per heavy atom. The van der Waals surface area contributed by atoms with Gasteiger partial charge in [0.2, 0.25) is 5.91 Å². The third-order valence-corrected chi connectivity index (χ3v) is 4.04. The minimum absolute atomic E-state index is 0.0760. The van der Waals surface area contributed by atoms with Crippen LogP contribution >= 0.6 is 15.9 Å². The van der Waals surface area contributed by atoms with Crippen LogP contribution in [-0.2, 0) is 9.59 Å². The van der Waals surface area contributed by atoms with Crippen molar-refractivity contribution in [3.8, 4) is 0 Å². The predicted molar refractivity (Wildman–Crippen MR) is 79.6 cm³/mol. The van der Waals surface area contributed by atoms with Gasteiger partial charge < -0.3 is 10.4 Å². The number of amides is 1. The minimum atomic E-state index is -0.769. The molecule has 20 heavy (non-hydrogen) atoms. The van der Waals surface area contributed by atoms with Crippen molar-refractivity contribution in [1.29, 1.82) is 0 Å². The van der Waals surface area contributed by atoms with E-state index in [9.17, 15) is 9.59 Å². The number of hydrogen-bond acceptors (Lipinski definition) is 3. The first-order valence-corrected chi connectivity index (χ1v) is 7.32. The number of benzene rings is 1. The first kappa shape index (κ1) is 15.0. The molecular weight excluding hydrogens is 324 g/mol. The lowest BCUT2D eigenvalue weighted by atomic mass is 10.1. The van der Waals surface area contributed by atoms with Crippen LogP contribution in [0, 0.1) is 5.92 Å². The molecule has 1 aromatic rings. The fourth-order valence-electron chi connectivity index (χ4n) is 2.43. The largest absolute Gasteiger partial charge is 0.481 e. The zero-order valence-electron chi connectivity index (χ0n) is 11.0. The number of likely N-dealkylation sites (tertiary alicyclic amines) is 1. The SMILES string of the molecule is O=C(O)CC1CCN(CC(=O)Nc2ccccc2Br)C1. The van der Waals surface area contributed by atoms with Crippen LogP contribution in [-0.4, -0.2) is 41.5 Å². The summed E-state index contributed by atoms with van der Waals surface area (Å²) in [6, 6.07) is 7.45. The molecule has 0 spiro atoms. The van der Waals surface area contributed by atoms with Gasteiger partial charge in [-0.2, -0.15) is 0 Å². The van der Waals surface area contributed by atoms with Crippen molar-refractivity contribution in [1.82, 2.24) is 4.90 Å². The number of rotatable bonds is 5. The standard InChI is InChI=1S/C14H17BrN2O3/c15-11-3-1-2-4-12(11)16-13(18)9-17-6-5-10(8-17)7-14(19)20/h1-4,10H,5-9H2,(H,16,18)(H,19,20). The second-order valence-electron chi connectivity index (χ2n) is 5.02. The molecule has 1 aliphatic rings. The summed E-state index contributed by atoms with van der Waals surface area (Å²) in [5, 5.41) is 11.6. The van der Waals surface area contributed by atoms with Crippen LogP contribution in [0.1, 0.15) is 12.8 Å². The molecule has 2 rings (SSSR count). The number of nitrogens with zero attached hydrogens (tertiary/aromatic N) is 1. The normalized spacial score (nSPS) is 18.9. The van der Waals surface area contributed by atoms with Gasteiger partial charge in [0.05, 0.1) is 12.2 Å². The molecule has 0 aromatic heterocycles. The summed E-state index contributed by atoms with van der Waals surface area (Å²) in [4.78, 5) is 24.6. The Hall–Kier alpha value is -1.40. The van der Waals surface area contributed by atoms with E-state index in [2.05, 4.69) is 21.2 Å². The number of nitrogens with one attached hydrogen (secondary N) is 1. The number of hydrogen-bond donors (Lipinski definition) is 2. The van der Waals surface area contributed by atoms with E-state index in [-0.39, 0.29) is 18.2 Å². The van der Waals surface area contributed by atoms with Gasteiger partial charge in [-0.25, -0.2) is 0 Å². The van der Waals surface area contributed by atoms with E-state index in [4.69, 9.17) is 5.11 Å². The summed E-state index contributed by atoms with van der Waals surface area (Å²) in [5.74, 6) is -0.689. The molecule has 1 fully saturated rings. The van der Waals surface area contributed by atoms with Crippen molar-refractivity contribution >= 4 is 33.5 Å². The summed E-state index contributed by atoms with van der Waals surface area (Å²) >= 11 is 3.38. The van der Waals surface area contributed by atoms with Crippen molar-refractivity contribution in [2.75, 3.05) is 25.0 Å². The lowest BCUT2D eigenvalue weighted by Gasteiger charge is -2.15. The lowest BCUT2D eigenvalue weighted by Crippen LogP contribution is -2.31. The molecule has 1 unspecified atom stereocenters. The maximum Gasteiger partial charge on any atom is 0.303 e. The average Bonchev–Trinajstić information content (AvgIpc) is 2.78. The third-order valence-electron chi connectivity index (χ3n) is 3.35. The lowest BCUT2D eigenvalue weighted by molar-refractivity contribution is -0.138. The second-order valence-corrected chi connectivity index (χ2v) is 5.87. The van der Waals surface area contributed by atoms with Crippen LogP contribution in [0.5, 0.6) is 0 Å². The Morgan fingerprint density at radius 1 is 1.40 bits per heavy atom. The molecule has 6 heteroatoms. The molecule has 1 saturated heterocycles. The minimum Gasteiger partial charge on any atom is -0.481 e. The van der Waals surface area contributed by atoms with Gasteiger partial charge in [0.15, 0.2) is 0 Å². The van der Waals surface area contributed by atoms with Gasteiger partial charge >= 0.3 is 5.97 Å². The third kappa shape index (κ3) is 4.31. The monoisotopic (exact) mass is 340 g/mol. The van der Waals surface area contributed by atoms with Crippen molar-refractivity contribution in [3.05, 3.63) is 28.7 Å². The number of anilines is 1. The molecule has 5 nitrogen and oxygen atoms in total. The summed E-state index contributed by atoms with van der Waals surface area (Å²) in [7, 11) is 0. The van der Waals surface area contributed by atoms with E-state index in [1.165, 1.54) is 0 Å². The molecule has 2 N–H and O–H groups in total. The maximum atomic E-state index is 12.0. The van der Waals surface area contributed by atoms with Crippen molar-refractivity contribution < 1.29 is 14.7 Å². The Morgan fingerprint density at radius 3 is 2.85 bits per heavy atom. The molecule has 0 aliphatic carbocycles. The number of carbonyl (C=O) groups excluding carboxylic acids is 1. The highest BCUT2D eigenvalue weighted by Gasteiger charge is 2.25. The number of carboxylic acid groups (broad SMARTS) is 1. The molecule has 0 saturated carbocycles. The van der Waals surface area contributed by atoms with E-state index >= 15 is 0 Å². The first-order valence-electron chi connectivity index (χ1n) is 6.53. The second kappa shape index (κ2) is 6.85. The highest BCUT2D eigenvalue weighted by atomic mass is 79.9.